The number of aliphatic hydroxyl groups excluding tert-OH is 1. The summed E-state index contributed by atoms with van der Waals surface area (Å²) in [5, 5.41) is 11.1. The second-order valence-corrected chi connectivity index (χ2v) is 8.08. The molecule has 7 heteroatoms. The largest absolute Gasteiger partial charge is 0.507 e. The van der Waals surface area contributed by atoms with Gasteiger partial charge < -0.3 is 19.6 Å². The van der Waals surface area contributed by atoms with Crippen LogP contribution in [0.15, 0.2) is 48.0 Å². The number of amides is 1. The van der Waals surface area contributed by atoms with Crippen molar-refractivity contribution in [1.29, 1.82) is 0 Å². The average Bonchev–Trinajstić information content (AvgIpc) is 3.00. The highest BCUT2D eigenvalue weighted by Crippen LogP contribution is 2.40. The van der Waals surface area contributed by atoms with E-state index in [0.29, 0.717) is 30.9 Å². The number of carbonyl (C=O) groups is 2. The van der Waals surface area contributed by atoms with Gasteiger partial charge in [0.25, 0.3) is 11.7 Å². The van der Waals surface area contributed by atoms with Crippen molar-refractivity contribution < 1.29 is 23.8 Å². The Kier molecular flexibility index (Phi) is 7.30. The predicted octanol–water partition coefficient (Wildman–Crippen LogP) is 3.91. The Hall–Kier alpha value is -3.19. The molecule has 1 aliphatic heterocycles. The third-order valence-electron chi connectivity index (χ3n) is 5.49. The molecule has 1 saturated heterocycles. The van der Waals surface area contributed by atoms with Gasteiger partial charge in [0, 0.05) is 17.7 Å². The molecule has 1 heterocycles. The molecule has 0 aromatic heterocycles. The normalized spacial score (nSPS) is 17.9. The maximum absolute atomic E-state index is 14.8. The van der Waals surface area contributed by atoms with E-state index in [4.69, 9.17) is 4.74 Å². The monoisotopic (exact) mass is 440 g/mol. The molecule has 170 valence electrons. The Bertz CT molecular complexity index is 1050. The van der Waals surface area contributed by atoms with Gasteiger partial charge in [-0.15, -0.1) is 0 Å². The quantitative estimate of drug-likeness (QED) is 0.383. The van der Waals surface area contributed by atoms with Crippen molar-refractivity contribution in [2.75, 3.05) is 33.8 Å². The van der Waals surface area contributed by atoms with Crippen molar-refractivity contribution in [2.45, 2.75) is 26.3 Å². The molecule has 0 aliphatic carbocycles. The summed E-state index contributed by atoms with van der Waals surface area (Å²) >= 11 is 0. The van der Waals surface area contributed by atoms with Crippen LogP contribution < -0.4 is 4.74 Å². The highest BCUT2D eigenvalue weighted by Gasteiger charge is 2.46. The number of rotatable bonds is 8. The number of benzene rings is 2. The Morgan fingerprint density at radius 2 is 1.91 bits per heavy atom. The number of hydrogen-bond donors (Lipinski definition) is 1. The molecule has 32 heavy (non-hydrogen) atoms. The van der Waals surface area contributed by atoms with Crippen molar-refractivity contribution in [3.8, 4) is 5.75 Å². The predicted molar refractivity (Wildman–Crippen MR) is 121 cm³/mol. The summed E-state index contributed by atoms with van der Waals surface area (Å²) in [7, 11) is 3.83. The Morgan fingerprint density at radius 3 is 2.53 bits per heavy atom. The first-order valence-electron chi connectivity index (χ1n) is 10.7. The Labute approximate surface area is 187 Å². The molecule has 1 fully saturated rings. The van der Waals surface area contributed by atoms with Gasteiger partial charge in [0.05, 0.1) is 18.2 Å². The molecular weight excluding hydrogens is 411 g/mol. The second kappa shape index (κ2) is 9.96. The molecule has 0 unspecified atom stereocenters. The summed E-state index contributed by atoms with van der Waals surface area (Å²) in [6, 6.07) is 10.1. The van der Waals surface area contributed by atoms with E-state index in [1.807, 2.05) is 32.8 Å². The summed E-state index contributed by atoms with van der Waals surface area (Å²) in [5.41, 5.74) is 1.23. The number of Topliss-reactive ketones (excluding diaryl/α,β-unsaturated/α-hetero) is 1. The number of aliphatic hydroxyl groups is 1. The fourth-order valence-electron chi connectivity index (χ4n) is 3.96. The molecule has 1 atom stereocenters. The van der Waals surface area contributed by atoms with Crippen molar-refractivity contribution in [3.63, 3.8) is 0 Å². The zero-order valence-corrected chi connectivity index (χ0v) is 18.9. The summed E-state index contributed by atoms with van der Waals surface area (Å²) < 4.78 is 20.3. The topological polar surface area (TPSA) is 70.1 Å². The van der Waals surface area contributed by atoms with Gasteiger partial charge in [0.15, 0.2) is 0 Å². The lowest BCUT2D eigenvalue weighted by Crippen LogP contribution is -2.32. The van der Waals surface area contributed by atoms with Crippen LogP contribution in [-0.4, -0.2) is 60.4 Å². The van der Waals surface area contributed by atoms with Gasteiger partial charge in [-0.05, 0) is 70.7 Å². The molecule has 2 aromatic carbocycles. The van der Waals surface area contributed by atoms with Gasteiger partial charge in [-0.2, -0.15) is 0 Å². The minimum Gasteiger partial charge on any atom is -0.507 e. The molecule has 0 radical (unpaired) electrons. The van der Waals surface area contributed by atoms with E-state index in [2.05, 4.69) is 0 Å². The van der Waals surface area contributed by atoms with Crippen LogP contribution in [0.3, 0.4) is 0 Å². The minimum absolute atomic E-state index is 0.103. The number of likely N-dealkylation sites (tertiary alicyclic amines) is 1. The lowest BCUT2D eigenvalue weighted by atomic mass is 9.94. The Morgan fingerprint density at radius 1 is 1.19 bits per heavy atom. The van der Waals surface area contributed by atoms with Gasteiger partial charge >= 0.3 is 0 Å². The number of carbonyl (C=O) groups excluding carboxylic acids is 2. The maximum atomic E-state index is 14.8. The van der Waals surface area contributed by atoms with Crippen LogP contribution in [0.2, 0.25) is 0 Å². The summed E-state index contributed by atoms with van der Waals surface area (Å²) in [5.74, 6) is -1.74. The van der Waals surface area contributed by atoms with E-state index in [0.717, 1.165) is 5.56 Å². The van der Waals surface area contributed by atoms with E-state index in [-0.39, 0.29) is 23.4 Å². The van der Waals surface area contributed by atoms with Gasteiger partial charge in [-0.3, -0.25) is 9.59 Å². The molecular formula is C25H29FN2O4. The highest BCUT2D eigenvalue weighted by atomic mass is 19.1. The zero-order chi connectivity index (χ0) is 23.4. The van der Waals surface area contributed by atoms with Crippen LogP contribution in [0.25, 0.3) is 5.76 Å². The lowest BCUT2D eigenvalue weighted by Gasteiger charge is -2.26. The molecule has 2 aromatic rings. The molecule has 1 amide bonds. The van der Waals surface area contributed by atoms with Crippen LogP contribution in [0.4, 0.5) is 4.39 Å². The van der Waals surface area contributed by atoms with Crippen LogP contribution in [-0.2, 0) is 9.59 Å². The first-order valence-corrected chi connectivity index (χ1v) is 10.7. The number of aryl methyl sites for hydroxylation is 1. The van der Waals surface area contributed by atoms with Gasteiger partial charge in [-0.25, -0.2) is 4.39 Å². The standard InChI is InChI=1S/C25H29FN2O4/c1-5-32-20-12-11-17(15-16(20)2)23(29)21-22(18-9-6-7-10-19(18)26)28(25(31)24(21)30)14-8-13-27(3)4/h6-7,9-12,15,22,29H,5,8,13-14H2,1-4H3/t22-/m1/s1. The number of ketones is 1. The van der Waals surface area contributed by atoms with Crippen LogP contribution in [0.1, 0.15) is 36.1 Å². The van der Waals surface area contributed by atoms with Crippen molar-refractivity contribution >= 4 is 17.4 Å². The van der Waals surface area contributed by atoms with Gasteiger partial charge in [-0.1, -0.05) is 18.2 Å². The van der Waals surface area contributed by atoms with E-state index < -0.39 is 23.5 Å². The first kappa shape index (κ1) is 23.5. The van der Waals surface area contributed by atoms with E-state index >= 15 is 0 Å². The number of ether oxygens (including phenoxy) is 1. The molecule has 0 bridgehead atoms. The minimum atomic E-state index is -0.995. The molecule has 0 spiro atoms. The third-order valence-corrected chi connectivity index (χ3v) is 5.49. The van der Waals surface area contributed by atoms with Gasteiger partial charge in [0.2, 0.25) is 0 Å². The van der Waals surface area contributed by atoms with Crippen molar-refractivity contribution in [1.82, 2.24) is 9.80 Å². The Balaban J connectivity index is 2.11. The zero-order valence-electron chi connectivity index (χ0n) is 18.9. The first-order chi connectivity index (χ1) is 15.3. The lowest BCUT2D eigenvalue weighted by molar-refractivity contribution is -0.140. The number of halogens is 1. The summed E-state index contributed by atoms with van der Waals surface area (Å²) in [4.78, 5) is 29.2. The molecule has 1 aliphatic rings. The van der Waals surface area contributed by atoms with E-state index in [9.17, 15) is 19.1 Å². The smallest absolute Gasteiger partial charge is 0.295 e. The van der Waals surface area contributed by atoms with Crippen LogP contribution in [0, 0.1) is 12.7 Å². The molecule has 1 N–H and O–H groups in total. The van der Waals surface area contributed by atoms with Gasteiger partial charge in [0.1, 0.15) is 17.3 Å². The fourth-order valence-corrected chi connectivity index (χ4v) is 3.96. The number of nitrogens with zero attached hydrogens (tertiary/aromatic N) is 2. The maximum Gasteiger partial charge on any atom is 0.295 e. The average molecular weight is 441 g/mol. The molecule has 0 saturated carbocycles. The summed E-state index contributed by atoms with van der Waals surface area (Å²) in [6.07, 6.45) is 0.604. The van der Waals surface area contributed by atoms with Crippen LogP contribution in [0.5, 0.6) is 5.75 Å². The fraction of sp³-hybridized carbons (Fsp3) is 0.360. The second-order valence-electron chi connectivity index (χ2n) is 8.08. The molecule has 6 nitrogen and oxygen atoms in total. The SMILES string of the molecule is CCOc1ccc(C(O)=C2C(=O)C(=O)N(CCCN(C)C)[C@@H]2c2ccccc2F)cc1C. The van der Waals surface area contributed by atoms with Crippen molar-refractivity contribution in [2.24, 2.45) is 0 Å². The number of hydrogen-bond acceptors (Lipinski definition) is 5. The van der Waals surface area contributed by atoms with Crippen molar-refractivity contribution in [3.05, 3.63) is 70.5 Å². The van der Waals surface area contributed by atoms with E-state index in [1.165, 1.54) is 11.0 Å². The third kappa shape index (κ3) is 4.67. The van der Waals surface area contributed by atoms with Crippen LogP contribution >= 0.6 is 0 Å². The molecule has 3 rings (SSSR count). The summed E-state index contributed by atoms with van der Waals surface area (Å²) in [6.45, 7) is 5.17. The highest BCUT2D eigenvalue weighted by molar-refractivity contribution is 6.46. The van der Waals surface area contributed by atoms with E-state index in [1.54, 1.807) is 36.4 Å².